The Hall–Kier alpha value is -1.79. The molecule has 1 fully saturated rings. The van der Waals surface area contributed by atoms with E-state index in [4.69, 9.17) is 16.3 Å². The van der Waals surface area contributed by atoms with Crippen LogP contribution in [0.25, 0.3) is 0 Å². The monoisotopic (exact) mass is 381 g/mol. The zero-order valence-corrected chi connectivity index (χ0v) is 16.9. The molecule has 0 radical (unpaired) electrons. The van der Waals surface area contributed by atoms with E-state index in [-0.39, 0.29) is 18.6 Å². The summed E-state index contributed by atoms with van der Waals surface area (Å²) in [6.45, 7) is 6.72. The van der Waals surface area contributed by atoms with Gasteiger partial charge in [-0.3, -0.25) is 9.69 Å². The summed E-state index contributed by atoms with van der Waals surface area (Å²) < 4.78 is 5.36. The maximum absolute atomic E-state index is 12.8. The summed E-state index contributed by atoms with van der Waals surface area (Å²) in [6, 6.07) is 5.06. The molecule has 144 valence electrons. The lowest BCUT2D eigenvalue weighted by Gasteiger charge is -2.25. The van der Waals surface area contributed by atoms with Crippen LogP contribution in [0.15, 0.2) is 18.2 Å². The van der Waals surface area contributed by atoms with Gasteiger partial charge in [-0.1, -0.05) is 25.4 Å². The second-order valence-electron chi connectivity index (χ2n) is 7.54. The molecule has 0 saturated carbocycles. The van der Waals surface area contributed by atoms with Gasteiger partial charge >= 0.3 is 6.03 Å². The van der Waals surface area contributed by atoms with Crippen LogP contribution < -0.4 is 10.1 Å². The predicted molar refractivity (Wildman–Crippen MR) is 102 cm³/mol. The van der Waals surface area contributed by atoms with E-state index in [1.165, 1.54) is 4.90 Å². The number of methoxy groups -OCH3 is 1. The Bertz CT molecular complexity index is 680. The number of amides is 3. The summed E-state index contributed by atoms with van der Waals surface area (Å²) in [7, 11) is 3.45. The Morgan fingerprint density at radius 1 is 1.35 bits per heavy atom. The number of rotatable bonds is 8. The number of hydrogen-bond acceptors (Lipinski definition) is 4. The number of nitrogens with zero attached hydrogens (tertiary/aromatic N) is 2. The van der Waals surface area contributed by atoms with Crippen LogP contribution in [0, 0.1) is 5.92 Å². The van der Waals surface area contributed by atoms with Crippen LogP contribution >= 0.6 is 11.6 Å². The van der Waals surface area contributed by atoms with Gasteiger partial charge in [-0.2, -0.15) is 0 Å². The minimum absolute atomic E-state index is 0.173. The second-order valence-corrected chi connectivity index (χ2v) is 7.98. The molecule has 0 aliphatic carbocycles. The fraction of sp³-hybridized carbons (Fsp3) is 0.579. The van der Waals surface area contributed by atoms with Crippen LogP contribution in [-0.4, -0.2) is 48.1 Å². The van der Waals surface area contributed by atoms with Crippen molar-refractivity contribution in [1.29, 1.82) is 0 Å². The van der Waals surface area contributed by atoms with Gasteiger partial charge in [-0.15, -0.1) is 0 Å². The quantitative estimate of drug-likeness (QED) is 0.700. The molecule has 0 spiro atoms. The van der Waals surface area contributed by atoms with Gasteiger partial charge in [-0.25, -0.2) is 9.69 Å². The van der Waals surface area contributed by atoms with E-state index in [2.05, 4.69) is 19.2 Å². The highest BCUT2D eigenvalue weighted by Crippen LogP contribution is 2.26. The van der Waals surface area contributed by atoms with Gasteiger partial charge in [-0.05, 0) is 50.9 Å². The summed E-state index contributed by atoms with van der Waals surface area (Å²) >= 11 is 6.07. The van der Waals surface area contributed by atoms with E-state index in [9.17, 15) is 9.59 Å². The number of benzene rings is 1. The summed E-state index contributed by atoms with van der Waals surface area (Å²) in [5.41, 5.74) is 0.0766. The number of carbonyl (C=O) groups excluding carboxylic acids is 2. The Morgan fingerprint density at radius 3 is 2.65 bits per heavy atom. The third-order valence-corrected chi connectivity index (χ3v) is 4.87. The fourth-order valence-corrected chi connectivity index (χ4v) is 3.27. The third kappa shape index (κ3) is 4.68. The lowest BCUT2D eigenvalue weighted by molar-refractivity contribution is -0.132. The van der Waals surface area contributed by atoms with Crippen LogP contribution in [0.2, 0.25) is 5.02 Å². The molecule has 1 heterocycles. The van der Waals surface area contributed by atoms with Gasteiger partial charge in [0.1, 0.15) is 11.3 Å². The summed E-state index contributed by atoms with van der Waals surface area (Å²) in [4.78, 5) is 28.3. The highest BCUT2D eigenvalue weighted by atomic mass is 35.5. The van der Waals surface area contributed by atoms with Gasteiger partial charge in [0.25, 0.3) is 5.91 Å². The van der Waals surface area contributed by atoms with Crippen molar-refractivity contribution < 1.29 is 14.3 Å². The van der Waals surface area contributed by atoms with E-state index in [0.717, 1.165) is 17.7 Å². The number of nitrogens with one attached hydrogen (secondary N) is 1. The molecule has 1 aromatic rings. The number of carbonyl (C=O) groups is 2. The second kappa shape index (κ2) is 8.27. The van der Waals surface area contributed by atoms with Crippen LogP contribution in [-0.2, 0) is 11.3 Å². The Balaban J connectivity index is 2.05. The molecule has 6 nitrogen and oxygen atoms in total. The molecule has 1 aliphatic rings. The smallest absolute Gasteiger partial charge is 0.326 e. The summed E-state index contributed by atoms with van der Waals surface area (Å²) in [5.74, 6) is 1.02. The third-order valence-electron chi connectivity index (χ3n) is 4.63. The molecule has 0 unspecified atom stereocenters. The zero-order chi connectivity index (χ0) is 19.5. The lowest BCUT2D eigenvalue weighted by atomic mass is 9.92. The summed E-state index contributed by atoms with van der Waals surface area (Å²) in [6.07, 6.45) is 1.52. The average Bonchev–Trinajstić information content (AvgIpc) is 2.77. The van der Waals surface area contributed by atoms with Crippen molar-refractivity contribution in [3.05, 3.63) is 28.8 Å². The predicted octanol–water partition coefficient (Wildman–Crippen LogP) is 3.48. The van der Waals surface area contributed by atoms with E-state index in [1.807, 2.05) is 24.1 Å². The Kier molecular flexibility index (Phi) is 6.53. The maximum atomic E-state index is 12.8. The highest BCUT2D eigenvalue weighted by Gasteiger charge is 2.47. The van der Waals surface area contributed by atoms with Crippen molar-refractivity contribution in [3.63, 3.8) is 0 Å². The van der Waals surface area contributed by atoms with Crippen molar-refractivity contribution in [2.45, 2.75) is 45.7 Å². The van der Waals surface area contributed by atoms with Crippen molar-refractivity contribution >= 4 is 23.5 Å². The molecule has 1 N–H and O–H groups in total. The number of imide groups is 1. The van der Waals surface area contributed by atoms with E-state index in [1.54, 1.807) is 20.1 Å². The highest BCUT2D eigenvalue weighted by molar-refractivity contribution is 6.30. The molecule has 2 rings (SSSR count). The molecule has 0 bridgehead atoms. The number of ether oxygens (including phenoxy) is 1. The molecule has 3 amide bonds. The Morgan fingerprint density at radius 2 is 2.04 bits per heavy atom. The van der Waals surface area contributed by atoms with E-state index < -0.39 is 5.54 Å². The first-order valence-electron chi connectivity index (χ1n) is 8.81. The van der Waals surface area contributed by atoms with Gasteiger partial charge < -0.3 is 10.1 Å². The van der Waals surface area contributed by atoms with E-state index in [0.29, 0.717) is 23.9 Å². The van der Waals surface area contributed by atoms with Gasteiger partial charge in [0.05, 0.1) is 13.8 Å². The zero-order valence-electron chi connectivity index (χ0n) is 16.1. The number of hydrogen-bond donors (Lipinski definition) is 1. The molecule has 26 heavy (non-hydrogen) atoms. The molecule has 1 aromatic carbocycles. The molecular formula is C19H28ClN3O3. The van der Waals surface area contributed by atoms with E-state index >= 15 is 0 Å². The van der Waals surface area contributed by atoms with Crippen LogP contribution in [0.3, 0.4) is 0 Å². The first-order valence-corrected chi connectivity index (χ1v) is 9.19. The van der Waals surface area contributed by atoms with Gasteiger partial charge in [0.15, 0.2) is 0 Å². The number of urea groups is 1. The standard InChI is InChI=1S/C19H28ClN3O3/c1-13(2)8-9-19(3)17(24)23(18(25)21-19)12-22(4)11-14-10-15(20)6-7-16(14)26-5/h6-7,10,13H,8-9,11-12H2,1-5H3,(H,21,25)/t19-/m0/s1. The molecule has 1 atom stereocenters. The molecule has 7 heteroatoms. The van der Waals surface area contributed by atoms with Crippen LogP contribution in [0.5, 0.6) is 5.75 Å². The first kappa shape index (κ1) is 20.5. The Labute approximate surface area is 160 Å². The van der Waals surface area contributed by atoms with Crippen molar-refractivity contribution in [2.75, 3.05) is 20.8 Å². The SMILES string of the molecule is COc1ccc(Cl)cc1CN(C)CN1C(=O)N[C@@](C)(CCC(C)C)C1=O. The minimum Gasteiger partial charge on any atom is -0.496 e. The minimum atomic E-state index is -0.823. The van der Waals surface area contributed by atoms with Crippen LogP contribution in [0.1, 0.15) is 39.2 Å². The van der Waals surface area contributed by atoms with Crippen molar-refractivity contribution in [3.8, 4) is 5.75 Å². The van der Waals surface area contributed by atoms with Crippen molar-refractivity contribution in [1.82, 2.24) is 15.1 Å². The number of halogens is 1. The first-order chi connectivity index (χ1) is 12.2. The normalized spacial score (nSPS) is 20.2. The van der Waals surface area contributed by atoms with Gasteiger partial charge in [0.2, 0.25) is 0 Å². The topological polar surface area (TPSA) is 61.9 Å². The van der Waals surface area contributed by atoms with Crippen molar-refractivity contribution in [2.24, 2.45) is 5.92 Å². The van der Waals surface area contributed by atoms with Crippen LogP contribution in [0.4, 0.5) is 4.79 Å². The molecule has 1 saturated heterocycles. The molecule has 1 aliphatic heterocycles. The van der Waals surface area contributed by atoms with Gasteiger partial charge in [0, 0.05) is 17.1 Å². The average molecular weight is 382 g/mol. The largest absolute Gasteiger partial charge is 0.496 e. The fourth-order valence-electron chi connectivity index (χ4n) is 3.08. The summed E-state index contributed by atoms with van der Waals surface area (Å²) in [5, 5.41) is 3.47. The molecular weight excluding hydrogens is 354 g/mol. The lowest BCUT2D eigenvalue weighted by Crippen LogP contribution is -2.45. The molecule has 0 aromatic heterocycles. The maximum Gasteiger partial charge on any atom is 0.326 e.